The highest BCUT2D eigenvalue weighted by Gasteiger charge is 2.36. The van der Waals surface area contributed by atoms with Crippen LogP contribution in [0.15, 0.2) is 17.5 Å². The molecule has 1 amide bonds. The van der Waals surface area contributed by atoms with Gasteiger partial charge in [0.05, 0.1) is 12.1 Å². The molecule has 0 aromatic carbocycles. The van der Waals surface area contributed by atoms with E-state index in [1.165, 1.54) is 0 Å². The average molecular weight is 282 g/mol. The third kappa shape index (κ3) is 3.48. The van der Waals surface area contributed by atoms with Crippen LogP contribution < -0.4 is 5.73 Å². The first-order chi connectivity index (χ1) is 8.88. The van der Waals surface area contributed by atoms with Crippen molar-refractivity contribution in [3.63, 3.8) is 0 Å². The lowest BCUT2D eigenvalue weighted by Crippen LogP contribution is -2.44. The summed E-state index contributed by atoms with van der Waals surface area (Å²) in [6.45, 7) is 6.39. The van der Waals surface area contributed by atoms with Crippen molar-refractivity contribution in [2.24, 2.45) is 5.73 Å². The van der Waals surface area contributed by atoms with Crippen molar-refractivity contribution in [3.05, 3.63) is 22.4 Å². The van der Waals surface area contributed by atoms with Crippen molar-refractivity contribution in [2.45, 2.75) is 51.3 Å². The number of ether oxygens (including phenoxy) is 1. The van der Waals surface area contributed by atoms with Gasteiger partial charge in [0.1, 0.15) is 5.60 Å². The molecule has 1 saturated heterocycles. The second kappa shape index (κ2) is 5.51. The summed E-state index contributed by atoms with van der Waals surface area (Å²) in [7, 11) is 0. The molecule has 0 radical (unpaired) electrons. The number of nitrogens with zero attached hydrogens (tertiary/aromatic N) is 1. The van der Waals surface area contributed by atoms with Crippen molar-refractivity contribution >= 4 is 17.4 Å². The Hall–Kier alpha value is -1.07. The molecule has 1 aromatic rings. The quantitative estimate of drug-likeness (QED) is 0.906. The highest BCUT2D eigenvalue weighted by Crippen LogP contribution is 2.31. The van der Waals surface area contributed by atoms with Crippen LogP contribution in [0.5, 0.6) is 0 Å². The van der Waals surface area contributed by atoms with Gasteiger partial charge in [-0.05, 0) is 45.1 Å². The van der Waals surface area contributed by atoms with Crippen LogP contribution in [0, 0.1) is 0 Å². The van der Waals surface area contributed by atoms with Gasteiger partial charge in [0.25, 0.3) is 0 Å². The van der Waals surface area contributed by atoms with Crippen molar-refractivity contribution in [1.29, 1.82) is 0 Å². The first kappa shape index (κ1) is 14.3. The van der Waals surface area contributed by atoms with E-state index < -0.39 is 5.60 Å². The number of thiophene rings is 1. The molecule has 1 aromatic heterocycles. The molecule has 19 heavy (non-hydrogen) atoms. The molecule has 2 unspecified atom stereocenters. The molecule has 1 fully saturated rings. The van der Waals surface area contributed by atoms with Gasteiger partial charge in [-0.3, -0.25) is 0 Å². The van der Waals surface area contributed by atoms with E-state index in [-0.39, 0.29) is 18.2 Å². The smallest absolute Gasteiger partial charge is 0.410 e. The molecule has 0 aliphatic carbocycles. The van der Waals surface area contributed by atoms with E-state index >= 15 is 0 Å². The molecule has 0 spiro atoms. The van der Waals surface area contributed by atoms with Crippen LogP contribution in [0.3, 0.4) is 0 Å². The zero-order chi connectivity index (χ0) is 14.0. The maximum absolute atomic E-state index is 12.2. The van der Waals surface area contributed by atoms with Crippen molar-refractivity contribution in [2.75, 3.05) is 6.54 Å². The lowest BCUT2D eigenvalue weighted by atomic mass is 10.1. The van der Waals surface area contributed by atoms with E-state index in [4.69, 9.17) is 10.5 Å². The van der Waals surface area contributed by atoms with E-state index in [1.807, 2.05) is 38.3 Å². The topological polar surface area (TPSA) is 55.6 Å². The van der Waals surface area contributed by atoms with Gasteiger partial charge in [-0.1, -0.05) is 6.07 Å². The SMILES string of the molecule is CC(C)(C)OC(=O)N1CCCC1C(N)c1cccs1. The molecule has 2 atom stereocenters. The van der Waals surface area contributed by atoms with Crippen LogP contribution in [0.1, 0.15) is 44.5 Å². The van der Waals surface area contributed by atoms with Crippen LogP contribution >= 0.6 is 11.3 Å². The Morgan fingerprint density at radius 1 is 1.58 bits per heavy atom. The van der Waals surface area contributed by atoms with Crippen LogP contribution in [-0.2, 0) is 4.74 Å². The van der Waals surface area contributed by atoms with Crippen molar-refractivity contribution < 1.29 is 9.53 Å². The number of likely N-dealkylation sites (tertiary alicyclic amines) is 1. The molecule has 5 heteroatoms. The van der Waals surface area contributed by atoms with Gasteiger partial charge in [-0.15, -0.1) is 11.3 Å². The molecule has 0 saturated carbocycles. The fraction of sp³-hybridized carbons (Fsp3) is 0.643. The normalized spacial score (nSPS) is 21.5. The van der Waals surface area contributed by atoms with E-state index in [9.17, 15) is 4.79 Å². The molecule has 4 nitrogen and oxygen atoms in total. The summed E-state index contributed by atoms with van der Waals surface area (Å²) < 4.78 is 5.45. The van der Waals surface area contributed by atoms with Crippen LogP contribution in [-0.4, -0.2) is 29.2 Å². The van der Waals surface area contributed by atoms with Gasteiger partial charge in [0.2, 0.25) is 0 Å². The van der Waals surface area contributed by atoms with E-state index in [2.05, 4.69) is 0 Å². The van der Waals surface area contributed by atoms with Gasteiger partial charge >= 0.3 is 6.09 Å². The van der Waals surface area contributed by atoms with E-state index in [0.717, 1.165) is 24.3 Å². The van der Waals surface area contributed by atoms with Gasteiger partial charge in [0, 0.05) is 11.4 Å². The van der Waals surface area contributed by atoms with Crippen molar-refractivity contribution in [3.8, 4) is 0 Å². The Balaban J connectivity index is 2.06. The number of rotatable bonds is 2. The molecule has 1 aliphatic rings. The molecule has 1 aliphatic heterocycles. The van der Waals surface area contributed by atoms with Gasteiger partial charge in [0.15, 0.2) is 0 Å². The standard InChI is InChI=1S/C14H22N2O2S/c1-14(2,3)18-13(17)16-8-4-6-10(16)12(15)11-7-5-9-19-11/h5,7,9-10,12H,4,6,8,15H2,1-3H3. The number of nitrogens with two attached hydrogens (primary N) is 1. The lowest BCUT2D eigenvalue weighted by molar-refractivity contribution is 0.0207. The molecular formula is C14H22N2O2S. The maximum Gasteiger partial charge on any atom is 0.410 e. The lowest BCUT2D eigenvalue weighted by Gasteiger charge is -2.31. The minimum atomic E-state index is -0.461. The molecular weight excluding hydrogens is 260 g/mol. The summed E-state index contributed by atoms with van der Waals surface area (Å²) in [6.07, 6.45) is 1.68. The fourth-order valence-electron chi connectivity index (χ4n) is 2.38. The minimum absolute atomic E-state index is 0.0495. The Bertz CT molecular complexity index is 425. The summed E-state index contributed by atoms with van der Waals surface area (Å²) in [6, 6.07) is 3.96. The Kier molecular flexibility index (Phi) is 4.16. The fourth-order valence-corrected chi connectivity index (χ4v) is 3.17. The maximum atomic E-state index is 12.2. The average Bonchev–Trinajstić information content (AvgIpc) is 2.97. The van der Waals surface area contributed by atoms with Gasteiger partial charge in [-0.2, -0.15) is 0 Å². The second-order valence-electron chi connectivity index (χ2n) is 5.92. The predicted molar refractivity (Wildman–Crippen MR) is 77.2 cm³/mol. The largest absolute Gasteiger partial charge is 0.444 e. The monoisotopic (exact) mass is 282 g/mol. The molecule has 2 rings (SSSR count). The highest BCUT2D eigenvalue weighted by atomic mass is 32.1. The van der Waals surface area contributed by atoms with E-state index in [1.54, 1.807) is 16.2 Å². The number of hydrogen-bond acceptors (Lipinski definition) is 4. The predicted octanol–water partition coefficient (Wildman–Crippen LogP) is 3.15. The highest BCUT2D eigenvalue weighted by molar-refractivity contribution is 7.10. The van der Waals surface area contributed by atoms with Crippen LogP contribution in [0.2, 0.25) is 0 Å². The molecule has 2 N–H and O–H groups in total. The first-order valence-electron chi connectivity index (χ1n) is 6.67. The van der Waals surface area contributed by atoms with Gasteiger partial charge < -0.3 is 15.4 Å². The number of carbonyl (C=O) groups is 1. The first-order valence-corrected chi connectivity index (χ1v) is 7.55. The van der Waals surface area contributed by atoms with Crippen LogP contribution in [0.4, 0.5) is 4.79 Å². The Morgan fingerprint density at radius 3 is 2.89 bits per heavy atom. The number of amides is 1. The summed E-state index contributed by atoms with van der Waals surface area (Å²) in [5.74, 6) is 0. The van der Waals surface area contributed by atoms with Crippen LogP contribution in [0.25, 0.3) is 0 Å². The third-order valence-corrected chi connectivity index (χ3v) is 4.19. The number of hydrogen-bond donors (Lipinski definition) is 1. The summed E-state index contributed by atoms with van der Waals surface area (Å²) in [5.41, 5.74) is 5.84. The summed E-state index contributed by atoms with van der Waals surface area (Å²) in [4.78, 5) is 15.1. The van der Waals surface area contributed by atoms with Crippen molar-refractivity contribution in [1.82, 2.24) is 4.90 Å². The van der Waals surface area contributed by atoms with E-state index in [0.29, 0.717) is 0 Å². The number of carbonyl (C=O) groups excluding carboxylic acids is 1. The minimum Gasteiger partial charge on any atom is -0.444 e. The summed E-state index contributed by atoms with van der Waals surface area (Å²) >= 11 is 1.64. The summed E-state index contributed by atoms with van der Waals surface area (Å²) in [5, 5.41) is 2.02. The second-order valence-corrected chi connectivity index (χ2v) is 6.90. The molecule has 0 bridgehead atoms. The molecule has 2 heterocycles. The Labute approximate surface area is 118 Å². The molecule has 106 valence electrons. The Morgan fingerprint density at radius 2 is 2.32 bits per heavy atom. The third-order valence-electron chi connectivity index (χ3n) is 3.21. The zero-order valence-electron chi connectivity index (χ0n) is 11.8. The van der Waals surface area contributed by atoms with Gasteiger partial charge in [-0.25, -0.2) is 4.79 Å². The zero-order valence-corrected chi connectivity index (χ0v) is 12.6.